The van der Waals surface area contributed by atoms with Crippen molar-refractivity contribution in [3.05, 3.63) is 35.7 Å². The van der Waals surface area contributed by atoms with E-state index in [2.05, 4.69) is 16.9 Å². The molecule has 1 aliphatic rings. The number of nitrogens with one attached hydrogen (secondary N) is 2. The van der Waals surface area contributed by atoms with Gasteiger partial charge in [-0.05, 0) is 39.7 Å². The van der Waals surface area contributed by atoms with E-state index in [9.17, 15) is 0 Å². The maximum absolute atomic E-state index is 7.55. The van der Waals surface area contributed by atoms with Gasteiger partial charge in [-0.15, -0.1) is 0 Å². The first-order valence-electron chi connectivity index (χ1n) is 7.43. The lowest BCUT2D eigenvalue weighted by Gasteiger charge is -2.23. The summed E-state index contributed by atoms with van der Waals surface area (Å²) in [6.07, 6.45) is 11.6. The highest BCUT2D eigenvalue weighted by atomic mass is 15.1. The highest BCUT2D eigenvalue weighted by molar-refractivity contribution is 6.21. The van der Waals surface area contributed by atoms with Crippen molar-refractivity contribution in [2.24, 2.45) is 4.99 Å². The van der Waals surface area contributed by atoms with E-state index in [4.69, 9.17) is 5.41 Å². The SMILES string of the molecule is C=C(/N=C(\C=C/C)C(C=N)=C(C)C)NC1CCCCC1. The Hall–Kier alpha value is -1.64. The maximum Gasteiger partial charge on any atom is 0.119 e. The van der Waals surface area contributed by atoms with Crippen LogP contribution in [0.3, 0.4) is 0 Å². The molecule has 2 N–H and O–H groups in total. The number of nitrogens with zero attached hydrogens (tertiary/aromatic N) is 1. The van der Waals surface area contributed by atoms with E-state index >= 15 is 0 Å². The fraction of sp³-hybridized carbons (Fsp3) is 0.529. The Balaban J connectivity index is 2.82. The van der Waals surface area contributed by atoms with Crippen LogP contribution in [0.15, 0.2) is 40.7 Å². The van der Waals surface area contributed by atoms with Crippen LogP contribution >= 0.6 is 0 Å². The molecular formula is C17H27N3. The van der Waals surface area contributed by atoms with Crippen molar-refractivity contribution in [3.8, 4) is 0 Å². The zero-order valence-corrected chi connectivity index (χ0v) is 13.0. The Kier molecular flexibility index (Phi) is 6.99. The second-order valence-corrected chi connectivity index (χ2v) is 5.48. The summed E-state index contributed by atoms with van der Waals surface area (Å²) in [6, 6.07) is 0.502. The molecule has 0 atom stereocenters. The van der Waals surface area contributed by atoms with E-state index in [1.807, 2.05) is 32.9 Å². The highest BCUT2D eigenvalue weighted by Crippen LogP contribution is 2.18. The Morgan fingerprint density at radius 2 is 1.90 bits per heavy atom. The molecule has 1 aliphatic carbocycles. The fourth-order valence-corrected chi connectivity index (χ4v) is 2.48. The molecule has 3 heteroatoms. The number of allylic oxidation sites excluding steroid dienone is 4. The molecule has 3 nitrogen and oxygen atoms in total. The Morgan fingerprint density at radius 3 is 2.40 bits per heavy atom. The minimum atomic E-state index is 0.502. The molecule has 0 aromatic carbocycles. The normalized spacial score (nSPS) is 17.1. The third-order valence-corrected chi connectivity index (χ3v) is 3.51. The molecule has 1 rings (SSSR count). The molecule has 0 saturated heterocycles. The van der Waals surface area contributed by atoms with Crippen LogP contribution < -0.4 is 5.32 Å². The molecular weight excluding hydrogens is 246 g/mol. The molecule has 0 amide bonds. The average molecular weight is 273 g/mol. The lowest BCUT2D eigenvalue weighted by atomic mass is 9.96. The topological polar surface area (TPSA) is 48.2 Å². The van der Waals surface area contributed by atoms with E-state index in [1.165, 1.54) is 38.3 Å². The van der Waals surface area contributed by atoms with Crippen LogP contribution in [-0.4, -0.2) is 18.0 Å². The smallest absolute Gasteiger partial charge is 0.119 e. The van der Waals surface area contributed by atoms with Gasteiger partial charge in [-0.3, -0.25) is 0 Å². The standard InChI is InChI=1S/C17H27N3/c1-5-9-17(16(12-18)13(2)3)20-14(4)19-15-10-7-6-8-11-15/h5,9,12,15,18-19H,4,6-8,10-11H2,1-3H3/b9-5-,18-12?,20-17+. The molecule has 110 valence electrons. The largest absolute Gasteiger partial charge is 0.368 e. The van der Waals surface area contributed by atoms with E-state index in [1.54, 1.807) is 0 Å². The summed E-state index contributed by atoms with van der Waals surface area (Å²) in [5, 5.41) is 11.0. The Labute approximate surface area is 123 Å². The predicted octanol–water partition coefficient (Wildman–Crippen LogP) is 4.38. The number of hydrogen-bond acceptors (Lipinski definition) is 3. The summed E-state index contributed by atoms with van der Waals surface area (Å²) < 4.78 is 0. The van der Waals surface area contributed by atoms with Gasteiger partial charge in [-0.25, -0.2) is 4.99 Å². The fourth-order valence-electron chi connectivity index (χ4n) is 2.48. The zero-order valence-electron chi connectivity index (χ0n) is 13.0. The van der Waals surface area contributed by atoms with Crippen LogP contribution in [0.5, 0.6) is 0 Å². The van der Waals surface area contributed by atoms with Gasteiger partial charge < -0.3 is 10.7 Å². The highest BCUT2D eigenvalue weighted by Gasteiger charge is 2.13. The predicted molar refractivity (Wildman–Crippen MR) is 88.6 cm³/mol. The van der Waals surface area contributed by atoms with E-state index in [0.29, 0.717) is 11.9 Å². The minimum absolute atomic E-state index is 0.502. The first-order valence-corrected chi connectivity index (χ1v) is 7.43. The number of rotatable bonds is 6. The van der Waals surface area contributed by atoms with Crippen molar-refractivity contribution in [2.75, 3.05) is 0 Å². The molecule has 0 unspecified atom stereocenters. The molecule has 1 saturated carbocycles. The van der Waals surface area contributed by atoms with E-state index in [-0.39, 0.29) is 0 Å². The molecule has 0 radical (unpaired) electrons. The molecule has 0 heterocycles. The van der Waals surface area contributed by atoms with Crippen molar-refractivity contribution < 1.29 is 0 Å². The summed E-state index contributed by atoms with van der Waals surface area (Å²) >= 11 is 0. The third kappa shape index (κ3) is 5.16. The minimum Gasteiger partial charge on any atom is -0.368 e. The molecule has 1 fully saturated rings. The van der Waals surface area contributed by atoms with Crippen molar-refractivity contribution in [2.45, 2.75) is 58.9 Å². The number of hydrogen-bond donors (Lipinski definition) is 2. The van der Waals surface area contributed by atoms with Gasteiger partial charge in [0.25, 0.3) is 0 Å². The van der Waals surface area contributed by atoms with Crippen molar-refractivity contribution in [1.82, 2.24) is 5.32 Å². The van der Waals surface area contributed by atoms with Crippen LogP contribution in [0.1, 0.15) is 52.9 Å². The second-order valence-electron chi connectivity index (χ2n) is 5.48. The Morgan fingerprint density at radius 1 is 1.25 bits per heavy atom. The van der Waals surface area contributed by atoms with Crippen LogP contribution in [0, 0.1) is 5.41 Å². The van der Waals surface area contributed by atoms with Gasteiger partial charge in [0.05, 0.1) is 5.71 Å². The van der Waals surface area contributed by atoms with Gasteiger partial charge >= 0.3 is 0 Å². The quantitative estimate of drug-likeness (QED) is 0.693. The molecule has 0 aromatic rings. The van der Waals surface area contributed by atoms with Crippen LogP contribution in [0.25, 0.3) is 0 Å². The van der Waals surface area contributed by atoms with Gasteiger partial charge in [0.15, 0.2) is 0 Å². The van der Waals surface area contributed by atoms with Gasteiger partial charge in [0, 0.05) is 17.8 Å². The molecule has 0 spiro atoms. The van der Waals surface area contributed by atoms with E-state index < -0.39 is 0 Å². The van der Waals surface area contributed by atoms with Crippen LogP contribution in [0.4, 0.5) is 0 Å². The zero-order chi connectivity index (χ0) is 15.0. The average Bonchev–Trinajstić information content (AvgIpc) is 2.40. The third-order valence-electron chi connectivity index (χ3n) is 3.51. The lowest BCUT2D eigenvalue weighted by Crippen LogP contribution is -2.29. The Bertz CT molecular complexity index is 431. The number of aliphatic imine (C=N–C) groups is 1. The summed E-state index contributed by atoms with van der Waals surface area (Å²) in [7, 11) is 0. The van der Waals surface area contributed by atoms with Gasteiger partial charge in [0.1, 0.15) is 5.82 Å². The molecule has 0 aliphatic heterocycles. The van der Waals surface area contributed by atoms with Gasteiger partial charge in [-0.1, -0.05) is 37.5 Å². The maximum atomic E-state index is 7.55. The van der Waals surface area contributed by atoms with E-state index in [0.717, 1.165) is 16.9 Å². The first kappa shape index (κ1) is 16.4. The monoisotopic (exact) mass is 273 g/mol. The van der Waals surface area contributed by atoms with Crippen LogP contribution in [-0.2, 0) is 0 Å². The van der Waals surface area contributed by atoms with Gasteiger partial charge in [-0.2, -0.15) is 0 Å². The van der Waals surface area contributed by atoms with Gasteiger partial charge in [0.2, 0.25) is 0 Å². The van der Waals surface area contributed by atoms with Crippen molar-refractivity contribution >= 4 is 11.9 Å². The summed E-state index contributed by atoms with van der Waals surface area (Å²) in [5.41, 5.74) is 2.74. The lowest BCUT2D eigenvalue weighted by molar-refractivity contribution is 0.396. The van der Waals surface area contributed by atoms with Crippen molar-refractivity contribution in [1.29, 1.82) is 5.41 Å². The first-order chi connectivity index (χ1) is 9.58. The molecule has 20 heavy (non-hydrogen) atoms. The van der Waals surface area contributed by atoms with Crippen LogP contribution in [0.2, 0.25) is 0 Å². The molecule has 0 bridgehead atoms. The van der Waals surface area contributed by atoms with Crippen molar-refractivity contribution in [3.63, 3.8) is 0 Å². The summed E-state index contributed by atoms with van der Waals surface area (Å²) in [6.45, 7) is 9.97. The second kappa shape index (κ2) is 8.51. The summed E-state index contributed by atoms with van der Waals surface area (Å²) in [4.78, 5) is 4.57. The summed E-state index contributed by atoms with van der Waals surface area (Å²) in [5.74, 6) is 0.700. The molecule has 0 aromatic heterocycles.